The highest BCUT2D eigenvalue weighted by molar-refractivity contribution is 5.96. The first kappa shape index (κ1) is 17.7. The van der Waals surface area contributed by atoms with Gasteiger partial charge in [0.2, 0.25) is 5.91 Å². The van der Waals surface area contributed by atoms with Crippen molar-refractivity contribution in [3.63, 3.8) is 0 Å². The number of hydrogen-bond donors (Lipinski definition) is 0. The molecule has 1 aliphatic heterocycles. The van der Waals surface area contributed by atoms with E-state index in [0.29, 0.717) is 12.3 Å². The first-order chi connectivity index (χ1) is 11.2. The molecule has 1 heterocycles. The molecular formula is C19H28N2O2. The Morgan fingerprint density at radius 3 is 2.17 bits per heavy atom. The Morgan fingerprint density at radius 2 is 1.61 bits per heavy atom. The van der Waals surface area contributed by atoms with Gasteiger partial charge < -0.3 is 4.90 Å². The minimum Gasteiger partial charge on any atom is -0.340 e. The van der Waals surface area contributed by atoms with Crippen LogP contribution in [0.25, 0.3) is 0 Å². The average Bonchev–Trinajstić information content (AvgIpc) is 2.61. The minimum atomic E-state index is 0.168. The van der Waals surface area contributed by atoms with Crippen molar-refractivity contribution in [2.75, 3.05) is 32.7 Å². The van der Waals surface area contributed by atoms with Crippen LogP contribution in [0.5, 0.6) is 0 Å². The molecule has 0 bridgehead atoms. The quantitative estimate of drug-likeness (QED) is 0.726. The molecule has 0 spiro atoms. The van der Waals surface area contributed by atoms with Gasteiger partial charge in [0.05, 0.1) is 0 Å². The van der Waals surface area contributed by atoms with Gasteiger partial charge in [-0.05, 0) is 12.8 Å². The third-order valence-electron chi connectivity index (χ3n) is 4.77. The molecule has 1 aromatic rings. The predicted octanol–water partition coefficient (Wildman–Crippen LogP) is 2.84. The summed E-state index contributed by atoms with van der Waals surface area (Å²) in [5.41, 5.74) is 0.787. The second-order valence-electron chi connectivity index (χ2n) is 6.22. The Kier molecular flexibility index (Phi) is 6.78. The Bertz CT molecular complexity index is 503. The van der Waals surface area contributed by atoms with Crippen molar-refractivity contribution in [2.45, 2.75) is 33.1 Å². The first-order valence-corrected chi connectivity index (χ1v) is 8.75. The largest absolute Gasteiger partial charge is 0.340 e. The fraction of sp³-hybridized carbons (Fsp3) is 0.579. The highest BCUT2D eigenvalue weighted by Gasteiger charge is 2.25. The van der Waals surface area contributed by atoms with Crippen molar-refractivity contribution in [1.82, 2.24) is 9.80 Å². The number of nitrogens with zero attached hydrogens (tertiary/aromatic N) is 2. The van der Waals surface area contributed by atoms with E-state index >= 15 is 0 Å². The van der Waals surface area contributed by atoms with Crippen molar-refractivity contribution < 1.29 is 9.59 Å². The summed E-state index contributed by atoms with van der Waals surface area (Å²) in [6.45, 7) is 8.25. The molecule has 1 aromatic carbocycles. The molecule has 4 nitrogen and oxygen atoms in total. The molecule has 1 amide bonds. The first-order valence-electron chi connectivity index (χ1n) is 8.75. The zero-order chi connectivity index (χ0) is 16.7. The highest BCUT2D eigenvalue weighted by atomic mass is 16.2. The number of Topliss-reactive ketones (excluding diaryl/α,β-unsaturated/α-hetero) is 1. The summed E-state index contributed by atoms with van der Waals surface area (Å²) >= 11 is 0. The van der Waals surface area contributed by atoms with Gasteiger partial charge in [-0.2, -0.15) is 0 Å². The van der Waals surface area contributed by atoms with Crippen molar-refractivity contribution in [3.8, 4) is 0 Å². The van der Waals surface area contributed by atoms with Crippen LogP contribution in [0, 0.1) is 5.92 Å². The summed E-state index contributed by atoms with van der Waals surface area (Å²) in [7, 11) is 0. The number of amides is 1. The van der Waals surface area contributed by atoms with Gasteiger partial charge in [-0.25, -0.2) is 0 Å². The van der Waals surface area contributed by atoms with Crippen LogP contribution in [-0.2, 0) is 4.79 Å². The van der Waals surface area contributed by atoms with Gasteiger partial charge in [0, 0.05) is 50.6 Å². The summed E-state index contributed by atoms with van der Waals surface area (Å²) < 4.78 is 0. The number of carbonyl (C=O) groups excluding carboxylic acids is 2. The van der Waals surface area contributed by atoms with Gasteiger partial charge in [-0.1, -0.05) is 44.2 Å². The van der Waals surface area contributed by atoms with Gasteiger partial charge in [0.1, 0.15) is 0 Å². The lowest BCUT2D eigenvalue weighted by atomic mass is 10.0. The lowest BCUT2D eigenvalue weighted by Crippen LogP contribution is -2.50. The van der Waals surface area contributed by atoms with E-state index in [0.717, 1.165) is 51.1 Å². The molecule has 126 valence electrons. The molecule has 0 atom stereocenters. The number of piperazine rings is 1. The van der Waals surface area contributed by atoms with Crippen molar-refractivity contribution in [1.29, 1.82) is 0 Å². The summed E-state index contributed by atoms with van der Waals surface area (Å²) in [6, 6.07) is 9.46. The molecule has 0 saturated carbocycles. The molecule has 1 aliphatic rings. The van der Waals surface area contributed by atoms with E-state index in [1.165, 1.54) is 0 Å². The summed E-state index contributed by atoms with van der Waals surface area (Å²) in [5, 5.41) is 0. The van der Waals surface area contributed by atoms with E-state index in [-0.39, 0.29) is 11.7 Å². The summed E-state index contributed by atoms with van der Waals surface area (Å²) in [6.07, 6.45) is 2.38. The zero-order valence-corrected chi connectivity index (χ0v) is 14.3. The van der Waals surface area contributed by atoms with E-state index < -0.39 is 0 Å². The van der Waals surface area contributed by atoms with Crippen molar-refractivity contribution in [2.24, 2.45) is 5.92 Å². The van der Waals surface area contributed by atoms with Crippen LogP contribution in [0.1, 0.15) is 43.5 Å². The molecule has 0 aromatic heterocycles. The second kappa shape index (κ2) is 8.82. The van der Waals surface area contributed by atoms with Crippen LogP contribution in [0.15, 0.2) is 30.3 Å². The standard InChI is InChI=1S/C19H28N2O2/c1-3-16(4-2)19(23)21-14-12-20(13-15-21)11-10-18(22)17-8-6-5-7-9-17/h5-9,16H,3-4,10-15H2,1-2H3. The lowest BCUT2D eigenvalue weighted by Gasteiger charge is -2.36. The molecule has 0 radical (unpaired) electrons. The average molecular weight is 316 g/mol. The lowest BCUT2D eigenvalue weighted by molar-refractivity contribution is -0.137. The minimum absolute atomic E-state index is 0.168. The zero-order valence-electron chi connectivity index (χ0n) is 14.3. The molecule has 1 saturated heterocycles. The van der Waals surface area contributed by atoms with Crippen LogP contribution < -0.4 is 0 Å². The van der Waals surface area contributed by atoms with E-state index in [1.54, 1.807) is 0 Å². The smallest absolute Gasteiger partial charge is 0.225 e. The maximum absolute atomic E-state index is 12.4. The van der Waals surface area contributed by atoms with Crippen LogP contribution in [0.2, 0.25) is 0 Å². The van der Waals surface area contributed by atoms with Crippen LogP contribution in [0.4, 0.5) is 0 Å². The normalized spacial score (nSPS) is 15.9. The SMILES string of the molecule is CCC(CC)C(=O)N1CCN(CCC(=O)c2ccccc2)CC1. The molecule has 0 N–H and O–H groups in total. The van der Waals surface area contributed by atoms with Gasteiger partial charge in [-0.15, -0.1) is 0 Å². The van der Waals surface area contributed by atoms with Crippen LogP contribution >= 0.6 is 0 Å². The third-order valence-corrected chi connectivity index (χ3v) is 4.77. The number of benzene rings is 1. The summed E-state index contributed by atoms with van der Waals surface area (Å²) in [4.78, 5) is 28.8. The molecule has 23 heavy (non-hydrogen) atoms. The Hall–Kier alpha value is -1.68. The monoisotopic (exact) mass is 316 g/mol. The van der Waals surface area contributed by atoms with Gasteiger partial charge >= 0.3 is 0 Å². The number of rotatable bonds is 7. The maximum atomic E-state index is 12.4. The predicted molar refractivity (Wildman–Crippen MR) is 92.5 cm³/mol. The highest BCUT2D eigenvalue weighted by Crippen LogP contribution is 2.14. The van der Waals surface area contributed by atoms with Gasteiger partial charge in [-0.3, -0.25) is 14.5 Å². The van der Waals surface area contributed by atoms with Crippen molar-refractivity contribution in [3.05, 3.63) is 35.9 Å². The van der Waals surface area contributed by atoms with Crippen LogP contribution in [0.3, 0.4) is 0 Å². The topological polar surface area (TPSA) is 40.6 Å². The maximum Gasteiger partial charge on any atom is 0.225 e. The molecular weight excluding hydrogens is 288 g/mol. The Morgan fingerprint density at radius 1 is 1.00 bits per heavy atom. The molecule has 0 unspecified atom stereocenters. The van der Waals surface area contributed by atoms with E-state index in [4.69, 9.17) is 0 Å². The molecule has 0 aliphatic carbocycles. The van der Waals surface area contributed by atoms with E-state index in [9.17, 15) is 9.59 Å². The Balaban J connectivity index is 1.75. The van der Waals surface area contributed by atoms with Gasteiger partial charge in [0.25, 0.3) is 0 Å². The number of carbonyl (C=O) groups is 2. The van der Waals surface area contributed by atoms with Crippen molar-refractivity contribution >= 4 is 11.7 Å². The molecule has 4 heteroatoms. The number of ketones is 1. The number of hydrogen-bond acceptors (Lipinski definition) is 3. The van der Waals surface area contributed by atoms with Gasteiger partial charge in [0.15, 0.2) is 5.78 Å². The van der Waals surface area contributed by atoms with E-state index in [1.807, 2.05) is 35.2 Å². The fourth-order valence-electron chi connectivity index (χ4n) is 3.12. The van der Waals surface area contributed by atoms with Crippen LogP contribution in [-0.4, -0.2) is 54.2 Å². The fourth-order valence-corrected chi connectivity index (χ4v) is 3.12. The molecule has 2 rings (SSSR count). The van der Waals surface area contributed by atoms with E-state index in [2.05, 4.69) is 18.7 Å². The summed E-state index contributed by atoms with van der Waals surface area (Å²) in [5.74, 6) is 0.664. The second-order valence-corrected chi connectivity index (χ2v) is 6.22. The Labute approximate surface area is 139 Å². The molecule has 1 fully saturated rings. The third kappa shape index (κ3) is 4.90.